The molecule has 3 rings (SSSR count). The summed E-state index contributed by atoms with van der Waals surface area (Å²) >= 11 is 0. The molecule has 0 saturated carbocycles. The molecular weight excluding hydrogens is 248 g/mol. The van der Waals surface area contributed by atoms with Crippen LogP contribution in [0.4, 0.5) is 0 Å². The molecule has 6 nitrogen and oxygen atoms in total. The van der Waals surface area contributed by atoms with Gasteiger partial charge in [-0.3, -0.25) is 4.79 Å². The highest BCUT2D eigenvalue weighted by atomic mass is 16.7. The monoisotopic (exact) mass is 264 g/mol. The van der Waals surface area contributed by atoms with Gasteiger partial charge >= 0.3 is 0 Å². The maximum Gasteiger partial charge on any atom is 0.231 e. The van der Waals surface area contributed by atoms with Crippen LogP contribution < -0.4 is 20.1 Å². The molecular formula is C13H16N2O4. The molecule has 0 aromatic heterocycles. The Morgan fingerprint density at radius 3 is 2.89 bits per heavy atom. The standard InChI is InChI=1S/C13H16N2O4/c16-12(4-13(17)6-14-7-13)15-5-9-1-2-10-11(3-9)19-8-18-10/h1-3,14,17H,4-8H2,(H,15,16). The number of rotatable bonds is 4. The van der Waals surface area contributed by atoms with Crippen molar-refractivity contribution in [2.75, 3.05) is 19.9 Å². The predicted octanol–water partition coefficient (Wildman–Crippen LogP) is -0.244. The minimum Gasteiger partial charge on any atom is -0.454 e. The molecule has 0 spiro atoms. The van der Waals surface area contributed by atoms with Gasteiger partial charge in [0.05, 0.1) is 12.0 Å². The molecule has 2 aliphatic heterocycles. The van der Waals surface area contributed by atoms with Crippen LogP contribution in [0.15, 0.2) is 18.2 Å². The number of nitrogens with one attached hydrogen (secondary N) is 2. The SMILES string of the molecule is O=C(CC1(O)CNC1)NCc1ccc2c(c1)OCO2. The van der Waals surface area contributed by atoms with Gasteiger partial charge in [-0.1, -0.05) is 6.07 Å². The number of ether oxygens (including phenoxy) is 2. The van der Waals surface area contributed by atoms with Gasteiger partial charge in [0, 0.05) is 19.6 Å². The van der Waals surface area contributed by atoms with E-state index in [0.29, 0.717) is 25.4 Å². The van der Waals surface area contributed by atoms with Crippen molar-refractivity contribution in [1.82, 2.24) is 10.6 Å². The molecule has 3 N–H and O–H groups in total. The first-order valence-corrected chi connectivity index (χ1v) is 6.23. The molecule has 1 aromatic rings. The summed E-state index contributed by atoms with van der Waals surface area (Å²) in [5, 5.41) is 15.6. The smallest absolute Gasteiger partial charge is 0.231 e. The lowest BCUT2D eigenvalue weighted by molar-refractivity contribution is -0.128. The van der Waals surface area contributed by atoms with E-state index < -0.39 is 5.60 Å². The fourth-order valence-corrected chi connectivity index (χ4v) is 2.15. The van der Waals surface area contributed by atoms with Gasteiger partial charge in [-0.05, 0) is 17.7 Å². The summed E-state index contributed by atoms with van der Waals surface area (Å²) in [6, 6.07) is 5.56. The van der Waals surface area contributed by atoms with Crippen molar-refractivity contribution < 1.29 is 19.4 Å². The highest BCUT2D eigenvalue weighted by molar-refractivity contribution is 5.77. The number of β-amino-alcohol motifs (C(OH)–C–C–N with tert-alkyl or cyclic N) is 1. The first-order valence-electron chi connectivity index (χ1n) is 6.23. The van der Waals surface area contributed by atoms with E-state index in [1.54, 1.807) is 0 Å². The van der Waals surface area contributed by atoms with Gasteiger partial charge in [0.25, 0.3) is 0 Å². The van der Waals surface area contributed by atoms with E-state index in [9.17, 15) is 9.90 Å². The maximum absolute atomic E-state index is 11.7. The van der Waals surface area contributed by atoms with E-state index in [0.717, 1.165) is 11.3 Å². The third kappa shape index (κ3) is 2.64. The normalized spacial score (nSPS) is 18.8. The predicted molar refractivity (Wildman–Crippen MR) is 66.8 cm³/mol. The Morgan fingerprint density at radius 2 is 2.16 bits per heavy atom. The molecule has 2 heterocycles. The Bertz CT molecular complexity index is 499. The van der Waals surface area contributed by atoms with E-state index in [-0.39, 0.29) is 19.1 Å². The van der Waals surface area contributed by atoms with Gasteiger partial charge in [0.15, 0.2) is 11.5 Å². The maximum atomic E-state index is 11.7. The van der Waals surface area contributed by atoms with Crippen LogP contribution in [0.3, 0.4) is 0 Å². The lowest BCUT2D eigenvalue weighted by atomic mass is 9.93. The van der Waals surface area contributed by atoms with Crippen molar-refractivity contribution in [3.63, 3.8) is 0 Å². The number of fused-ring (bicyclic) bond motifs is 1. The average Bonchev–Trinajstić information content (AvgIpc) is 2.81. The Hall–Kier alpha value is -1.79. The van der Waals surface area contributed by atoms with Crippen molar-refractivity contribution in [3.05, 3.63) is 23.8 Å². The van der Waals surface area contributed by atoms with Gasteiger partial charge in [-0.25, -0.2) is 0 Å². The van der Waals surface area contributed by atoms with Gasteiger partial charge < -0.3 is 25.2 Å². The number of amides is 1. The Balaban J connectivity index is 1.53. The summed E-state index contributed by atoms with van der Waals surface area (Å²) < 4.78 is 10.5. The van der Waals surface area contributed by atoms with Crippen LogP contribution in [-0.2, 0) is 11.3 Å². The minimum absolute atomic E-state index is 0.130. The lowest BCUT2D eigenvalue weighted by Gasteiger charge is -2.36. The van der Waals surface area contributed by atoms with Crippen LogP contribution in [0, 0.1) is 0 Å². The van der Waals surface area contributed by atoms with Crippen LogP contribution in [0.5, 0.6) is 11.5 Å². The summed E-state index contributed by atoms with van der Waals surface area (Å²) in [6.45, 7) is 1.61. The zero-order valence-electron chi connectivity index (χ0n) is 10.4. The second-order valence-corrected chi connectivity index (χ2v) is 4.97. The van der Waals surface area contributed by atoms with E-state index in [4.69, 9.17) is 9.47 Å². The first-order chi connectivity index (χ1) is 9.15. The van der Waals surface area contributed by atoms with E-state index >= 15 is 0 Å². The fraction of sp³-hybridized carbons (Fsp3) is 0.462. The average molecular weight is 264 g/mol. The van der Waals surface area contributed by atoms with Crippen LogP contribution in [-0.4, -0.2) is 36.5 Å². The second-order valence-electron chi connectivity index (χ2n) is 4.97. The molecule has 6 heteroatoms. The largest absolute Gasteiger partial charge is 0.454 e. The number of hydrogen-bond acceptors (Lipinski definition) is 5. The highest BCUT2D eigenvalue weighted by Crippen LogP contribution is 2.32. The van der Waals surface area contributed by atoms with Crippen molar-refractivity contribution >= 4 is 5.91 Å². The van der Waals surface area contributed by atoms with Crippen molar-refractivity contribution in [2.24, 2.45) is 0 Å². The topological polar surface area (TPSA) is 79.8 Å². The zero-order chi connectivity index (χ0) is 13.3. The molecule has 1 amide bonds. The van der Waals surface area contributed by atoms with Crippen LogP contribution in [0.1, 0.15) is 12.0 Å². The van der Waals surface area contributed by atoms with E-state index in [2.05, 4.69) is 10.6 Å². The lowest BCUT2D eigenvalue weighted by Crippen LogP contribution is -2.61. The third-order valence-corrected chi connectivity index (χ3v) is 3.32. The van der Waals surface area contributed by atoms with Crippen molar-refractivity contribution in [1.29, 1.82) is 0 Å². The molecule has 1 saturated heterocycles. The summed E-state index contributed by atoms with van der Waals surface area (Å²) in [5.74, 6) is 1.28. The summed E-state index contributed by atoms with van der Waals surface area (Å²) in [6.07, 6.45) is 0.130. The quantitative estimate of drug-likeness (QED) is 0.699. The first kappa shape index (κ1) is 12.3. The number of benzene rings is 1. The fourth-order valence-electron chi connectivity index (χ4n) is 2.15. The summed E-state index contributed by atoms with van der Waals surface area (Å²) in [5.41, 5.74) is 0.0650. The minimum atomic E-state index is -0.876. The van der Waals surface area contributed by atoms with E-state index in [1.165, 1.54) is 0 Å². The van der Waals surface area contributed by atoms with Gasteiger partial charge in [-0.2, -0.15) is 0 Å². The third-order valence-electron chi connectivity index (χ3n) is 3.32. The number of carbonyl (C=O) groups excluding carboxylic acids is 1. The molecule has 1 aromatic carbocycles. The zero-order valence-corrected chi connectivity index (χ0v) is 10.4. The Morgan fingerprint density at radius 1 is 1.37 bits per heavy atom. The summed E-state index contributed by atoms with van der Waals surface area (Å²) in [4.78, 5) is 11.7. The molecule has 0 bridgehead atoms. The molecule has 19 heavy (non-hydrogen) atoms. The van der Waals surface area contributed by atoms with Gasteiger partial charge in [0.1, 0.15) is 0 Å². The molecule has 2 aliphatic rings. The molecule has 0 radical (unpaired) electrons. The van der Waals surface area contributed by atoms with Crippen LogP contribution in [0.2, 0.25) is 0 Å². The van der Waals surface area contributed by atoms with Crippen molar-refractivity contribution in [3.8, 4) is 11.5 Å². The number of hydrogen-bond donors (Lipinski definition) is 3. The van der Waals surface area contributed by atoms with Crippen LogP contribution >= 0.6 is 0 Å². The number of carbonyl (C=O) groups is 1. The summed E-state index contributed by atoms with van der Waals surface area (Å²) in [7, 11) is 0. The molecule has 0 atom stereocenters. The highest BCUT2D eigenvalue weighted by Gasteiger charge is 2.36. The van der Waals surface area contributed by atoms with E-state index in [1.807, 2.05) is 18.2 Å². The molecule has 0 aliphatic carbocycles. The molecule has 102 valence electrons. The molecule has 1 fully saturated rings. The van der Waals surface area contributed by atoms with Gasteiger partial charge in [-0.15, -0.1) is 0 Å². The molecule has 0 unspecified atom stereocenters. The Labute approximate surface area is 110 Å². The number of aliphatic hydroxyl groups is 1. The van der Waals surface area contributed by atoms with Crippen LogP contribution in [0.25, 0.3) is 0 Å². The Kier molecular flexibility index (Phi) is 3.04. The van der Waals surface area contributed by atoms with Gasteiger partial charge in [0.2, 0.25) is 12.7 Å². The second kappa shape index (κ2) is 4.71. The van der Waals surface area contributed by atoms with Crippen molar-refractivity contribution in [2.45, 2.75) is 18.6 Å².